The van der Waals surface area contributed by atoms with E-state index < -0.39 is 0 Å². The first kappa shape index (κ1) is 16.3. The predicted octanol–water partition coefficient (Wildman–Crippen LogP) is 5.63. The standard InChI is InChI=1S/C20H30O/c1-14(2)17-10-12-20(5)11-9-15(3)7-6-8-16(4)19(21)13-18(17)20/h8-9,17-18H,1,6-7,10-13H2,2-5H3/b15-9?,16-8+/t17-,18-,20-/m0/s1. The summed E-state index contributed by atoms with van der Waals surface area (Å²) in [4.78, 5) is 12.6. The van der Waals surface area contributed by atoms with Crippen LogP contribution in [0.15, 0.2) is 35.5 Å². The van der Waals surface area contributed by atoms with Gasteiger partial charge in [0.2, 0.25) is 0 Å². The van der Waals surface area contributed by atoms with Crippen molar-refractivity contribution in [3.8, 4) is 0 Å². The van der Waals surface area contributed by atoms with E-state index in [1.54, 1.807) is 0 Å². The van der Waals surface area contributed by atoms with E-state index in [2.05, 4.69) is 39.5 Å². The van der Waals surface area contributed by atoms with E-state index in [0.29, 0.717) is 24.0 Å². The zero-order valence-corrected chi connectivity index (χ0v) is 14.2. The number of fused-ring (bicyclic) bond motifs is 1. The third kappa shape index (κ3) is 3.56. The van der Waals surface area contributed by atoms with Crippen LogP contribution < -0.4 is 0 Å². The second-order valence-corrected chi connectivity index (χ2v) is 7.56. The summed E-state index contributed by atoms with van der Waals surface area (Å²) in [5.74, 6) is 1.31. The Morgan fingerprint density at radius 3 is 2.71 bits per heavy atom. The predicted molar refractivity (Wildman–Crippen MR) is 90.1 cm³/mol. The van der Waals surface area contributed by atoms with Crippen molar-refractivity contribution in [1.29, 1.82) is 0 Å². The molecule has 0 aromatic rings. The van der Waals surface area contributed by atoms with Gasteiger partial charge in [-0.25, -0.2) is 0 Å². The Bertz CT molecular complexity index is 494. The second-order valence-electron chi connectivity index (χ2n) is 7.56. The van der Waals surface area contributed by atoms with Crippen LogP contribution >= 0.6 is 0 Å². The van der Waals surface area contributed by atoms with Crippen LogP contribution in [-0.4, -0.2) is 5.78 Å². The molecule has 1 nitrogen and oxygen atoms in total. The molecular formula is C20H30O. The van der Waals surface area contributed by atoms with Crippen molar-refractivity contribution in [2.75, 3.05) is 0 Å². The molecule has 21 heavy (non-hydrogen) atoms. The van der Waals surface area contributed by atoms with Gasteiger partial charge in [0.25, 0.3) is 0 Å². The molecule has 0 spiro atoms. The van der Waals surface area contributed by atoms with E-state index in [9.17, 15) is 4.79 Å². The number of carbonyl (C=O) groups is 1. The minimum atomic E-state index is 0.255. The molecule has 0 unspecified atom stereocenters. The summed E-state index contributed by atoms with van der Waals surface area (Å²) in [6.07, 6.45) is 10.8. The summed E-state index contributed by atoms with van der Waals surface area (Å²) in [6, 6.07) is 0. The lowest BCUT2D eigenvalue weighted by molar-refractivity contribution is -0.117. The van der Waals surface area contributed by atoms with Gasteiger partial charge in [-0.05, 0) is 75.7 Å². The van der Waals surface area contributed by atoms with Gasteiger partial charge in [-0.1, -0.05) is 36.8 Å². The van der Waals surface area contributed by atoms with Crippen molar-refractivity contribution in [3.05, 3.63) is 35.5 Å². The Kier molecular flexibility index (Phi) is 4.91. The highest BCUT2D eigenvalue weighted by molar-refractivity contribution is 5.95. The van der Waals surface area contributed by atoms with Crippen LogP contribution in [-0.2, 0) is 4.79 Å². The fourth-order valence-corrected chi connectivity index (χ4v) is 4.09. The molecule has 0 aromatic heterocycles. The molecule has 0 heterocycles. The van der Waals surface area contributed by atoms with Gasteiger partial charge in [0.1, 0.15) is 0 Å². The molecule has 0 radical (unpaired) electrons. The maximum absolute atomic E-state index is 12.6. The topological polar surface area (TPSA) is 17.1 Å². The van der Waals surface area contributed by atoms with E-state index in [0.717, 1.165) is 24.8 Å². The largest absolute Gasteiger partial charge is 0.295 e. The molecule has 1 saturated carbocycles. The summed E-state index contributed by atoms with van der Waals surface area (Å²) >= 11 is 0. The Morgan fingerprint density at radius 1 is 1.33 bits per heavy atom. The molecule has 2 rings (SSSR count). The lowest BCUT2D eigenvalue weighted by Crippen LogP contribution is -2.28. The van der Waals surface area contributed by atoms with Crippen molar-refractivity contribution in [1.82, 2.24) is 0 Å². The van der Waals surface area contributed by atoms with Crippen molar-refractivity contribution in [2.45, 2.75) is 66.2 Å². The molecule has 0 aromatic carbocycles. The van der Waals surface area contributed by atoms with Gasteiger partial charge in [-0.15, -0.1) is 0 Å². The fraction of sp³-hybridized carbons (Fsp3) is 0.650. The normalized spacial score (nSPS) is 37.0. The summed E-state index contributed by atoms with van der Waals surface area (Å²) < 4.78 is 0. The van der Waals surface area contributed by atoms with Crippen LogP contribution in [0.5, 0.6) is 0 Å². The van der Waals surface area contributed by atoms with Gasteiger partial charge in [-0.3, -0.25) is 4.79 Å². The molecule has 116 valence electrons. The Morgan fingerprint density at radius 2 is 2.05 bits per heavy atom. The molecule has 0 amide bonds. The molecule has 0 N–H and O–H groups in total. The quantitative estimate of drug-likeness (QED) is 0.571. The average Bonchev–Trinajstić information content (AvgIpc) is 2.73. The molecule has 2 aliphatic rings. The number of rotatable bonds is 1. The van der Waals surface area contributed by atoms with Crippen LogP contribution in [0.1, 0.15) is 66.2 Å². The minimum absolute atomic E-state index is 0.255. The summed E-state index contributed by atoms with van der Waals surface area (Å²) in [5.41, 5.74) is 3.94. The van der Waals surface area contributed by atoms with Gasteiger partial charge in [-0.2, -0.15) is 0 Å². The summed E-state index contributed by atoms with van der Waals surface area (Å²) in [6.45, 7) is 12.9. The Labute approximate surface area is 130 Å². The third-order valence-corrected chi connectivity index (χ3v) is 5.79. The van der Waals surface area contributed by atoms with E-state index >= 15 is 0 Å². The monoisotopic (exact) mass is 286 g/mol. The molecule has 0 aliphatic heterocycles. The minimum Gasteiger partial charge on any atom is -0.295 e. The van der Waals surface area contributed by atoms with Crippen molar-refractivity contribution in [2.24, 2.45) is 17.3 Å². The van der Waals surface area contributed by atoms with Gasteiger partial charge in [0.05, 0.1) is 0 Å². The molecule has 1 heteroatoms. The number of carbonyl (C=O) groups excluding carboxylic acids is 1. The summed E-state index contributed by atoms with van der Waals surface area (Å²) in [5, 5.41) is 0. The number of allylic oxidation sites excluding steroid dienone is 5. The molecule has 2 aliphatic carbocycles. The zero-order chi connectivity index (χ0) is 15.6. The molecule has 1 fully saturated rings. The van der Waals surface area contributed by atoms with Crippen molar-refractivity contribution in [3.63, 3.8) is 0 Å². The van der Waals surface area contributed by atoms with Crippen molar-refractivity contribution >= 4 is 5.78 Å². The number of Topliss-reactive ketones (excluding diaryl/α,β-unsaturated/α-hetero) is 1. The van der Waals surface area contributed by atoms with Gasteiger partial charge in [0, 0.05) is 6.42 Å². The highest BCUT2D eigenvalue weighted by Gasteiger charge is 2.45. The lowest BCUT2D eigenvalue weighted by atomic mass is 9.70. The second kappa shape index (κ2) is 6.34. The SMILES string of the molecule is C=C(C)[C@@H]1CC[C@]2(C)CC=C(C)CC/C=C(\C)C(=O)C[C@@H]12. The highest BCUT2D eigenvalue weighted by Crippen LogP contribution is 2.53. The third-order valence-electron chi connectivity index (χ3n) is 5.79. The van der Waals surface area contributed by atoms with E-state index in [4.69, 9.17) is 0 Å². The molecule has 0 saturated heterocycles. The molecular weight excluding hydrogens is 256 g/mol. The lowest BCUT2D eigenvalue weighted by Gasteiger charge is -2.34. The van der Waals surface area contributed by atoms with Crippen LogP contribution in [0, 0.1) is 17.3 Å². The first-order chi connectivity index (χ1) is 9.83. The first-order valence-corrected chi connectivity index (χ1v) is 8.34. The smallest absolute Gasteiger partial charge is 0.158 e. The van der Waals surface area contributed by atoms with Gasteiger partial charge in [0.15, 0.2) is 5.78 Å². The zero-order valence-electron chi connectivity index (χ0n) is 14.2. The van der Waals surface area contributed by atoms with Crippen LogP contribution in [0.3, 0.4) is 0 Å². The van der Waals surface area contributed by atoms with Crippen LogP contribution in [0.4, 0.5) is 0 Å². The van der Waals surface area contributed by atoms with E-state index in [1.165, 1.54) is 24.0 Å². The van der Waals surface area contributed by atoms with Crippen LogP contribution in [0.2, 0.25) is 0 Å². The van der Waals surface area contributed by atoms with E-state index in [1.807, 2.05) is 6.92 Å². The highest BCUT2D eigenvalue weighted by atomic mass is 16.1. The van der Waals surface area contributed by atoms with Gasteiger partial charge < -0.3 is 0 Å². The molecule has 0 bridgehead atoms. The van der Waals surface area contributed by atoms with E-state index in [-0.39, 0.29) is 5.41 Å². The maximum atomic E-state index is 12.6. The fourth-order valence-electron chi connectivity index (χ4n) is 4.09. The number of ketones is 1. The maximum Gasteiger partial charge on any atom is 0.158 e. The Balaban J connectivity index is 2.35. The average molecular weight is 286 g/mol. The van der Waals surface area contributed by atoms with Crippen LogP contribution in [0.25, 0.3) is 0 Å². The number of hydrogen-bond acceptors (Lipinski definition) is 1. The molecule has 3 atom stereocenters. The number of hydrogen-bond donors (Lipinski definition) is 0. The Hall–Kier alpha value is -1.11. The summed E-state index contributed by atoms with van der Waals surface area (Å²) in [7, 11) is 0. The van der Waals surface area contributed by atoms with Crippen molar-refractivity contribution < 1.29 is 4.79 Å². The van der Waals surface area contributed by atoms with Gasteiger partial charge >= 0.3 is 0 Å². The first-order valence-electron chi connectivity index (χ1n) is 8.34.